The van der Waals surface area contributed by atoms with Crippen molar-refractivity contribution in [3.05, 3.63) is 78.4 Å². The van der Waals surface area contributed by atoms with E-state index in [-0.39, 0.29) is 4.90 Å². The van der Waals surface area contributed by atoms with Crippen LogP contribution in [0.2, 0.25) is 0 Å². The van der Waals surface area contributed by atoms with E-state index < -0.39 is 10.0 Å². The Hall–Kier alpha value is -3.10. The first-order chi connectivity index (χ1) is 13.9. The molecule has 0 heterocycles. The molecule has 3 aromatic rings. The average Bonchev–Trinajstić information content (AvgIpc) is 2.70. The zero-order valence-electron chi connectivity index (χ0n) is 16.0. The molecule has 0 saturated carbocycles. The Morgan fingerprint density at radius 2 is 1.48 bits per heavy atom. The van der Waals surface area contributed by atoms with Gasteiger partial charge in [-0.3, -0.25) is 4.72 Å². The first-order valence-corrected chi connectivity index (χ1v) is 10.7. The topological polar surface area (TPSA) is 79.5 Å². The van der Waals surface area contributed by atoms with Gasteiger partial charge in [0, 0.05) is 11.4 Å². The van der Waals surface area contributed by atoms with Crippen molar-refractivity contribution in [3.8, 4) is 5.75 Å². The van der Waals surface area contributed by atoms with Crippen LogP contribution in [0.25, 0.3) is 0 Å². The zero-order chi connectivity index (χ0) is 20.9. The van der Waals surface area contributed by atoms with E-state index in [9.17, 15) is 8.42 Å². The van der Waals surface area contributed by atoms with Gasteiger partial charge in [0.1, 0.15) is 5.75 Å². The maximum atomic E-state index is 12.5. The molecule has 0 aliphatic rings. The minimum absolute atomic E-state index is 0.215. The lowest BCUT2D eigenvalue weighted by atomic mass is 10.2. The Bertz CT molecular complexity index is 1100. The third-order valence-electron chi connectivity index (χ3n) is 4.08. The SMILES string of the molecule is COc1ccccc1NC(=S)Nc1ccc(NS(=O)(=O)c2ccc(C)cc2)cc1. The highest BCUT2D eigenvalue weighted by atomic mass is 32.2. The standard InChI is InChI=1S/C21H21N3O3S2/c1-15-7-13-18(14-8-15)29(25,26)24-17-11-9-16(10-12-17)22-21(28)23-19-5-3-4-6-20(19)27-2/h3-14,24H,1-2H3,(H2,22,23,28). The number of methoxy groups -OCH3 is 1. The van der Waals surface area contributed by atoms with Crippen LogP contribution < -0.4 is 20.1 Å². The first-order valence-electron chi connectivity index (χ1n) is 8.78. The lowest BCUT2D eigenvalue weighted by molar-refractivity contribution is 0.417. The highest BCUT2D eigenvalue weighted by molar-refractivity contribution is 7.92. The van der Waals surface area contributed by atoms with Crippen molar-refractivity contribution in [3.63, 3.8) is 0 Å². The molecule has 0 aromatic heterocycles. The molecule has 0 fully saturated rings. The van der Waals surface area contributed by atoms with E-state index >= 15 is 0 Å². The van der Waals surface area contributed by atoms with E-state index in [0.717, 1.165) is 16.9 Å². The quantitative estimate of drug-likeness (QED) is 0.499. The molecule has 0 aliphatic carbocycles. The van der Waals surface area contributed by atoms with E-state index in [1.807, 2.05) is 31.2 Å². The number of hydrogen-bond donors (Lipinski definition) is 3. The molecular weight excluding hydrogens is 406 g/mol. The molecule has 3 rings (SSSR count). The number of anilines is 3. The van der Waals surface area contributed by atoms with Crippen molar-refractivity contribution >= 4 is 44.4 Å². The molecule has 29 heavy (non-hydrogen) atoms. The number of para-hydroxylation sites is 2. The molecule has 8 heteroatoms. The van der Waals surface area contributed by atoms with Gasteiger partial charge in [-0.1, -0.05) is 29.8 Å². The third kappa shape index (κ3) is 5.46. The van der Waals surface area contributed by atoms with E-state index in [0.29, 0.717) is 16.5 Å². The summed E-state index contributed by atoms with van der Waals surface area (Å²) in [6.07, 6.45) is 0. The second kappa shape index (κ2) is 8.93. The van der Waals surface area contributed by atoms with E-state index in [1.54, 1.807) is 55.6 Å². The third-order valence-corrected chi connectivity index (χ3v) is 5.68. The first kappa shape index (κ1) is 20.6. The van der Waals surface area contributed by atoms with Crippen LogP contribution in [0.5, 0.6) is 5.75 Å². The van der Waals surface area contributed by atoms with Crippen LogP contribution in [-0.4, -0.2) is 20.6 Å². The van der Waals surface area contributed by atoms with Gasteiger partial charge >= 0.3 is 0 Å². The van der Waals surface area contributed by atoms with Gasteiger partial charge in [0.2, 0.25) is 0 Å². The Kier molecular flexibility index (Phi) is 6.36. The fourth-order valence-corrected chi connectivity index (χ4v) is 3.87. The normalized spacial score (nSPS) is 10.8. The summed E-state index contributed by atoms with van der Waals surface area (Å²) in [5.41, 5.74) is 2.92. The summed E-state index contributed by atoms with van der Waals surface area (Å²) in [5, 5.41) is 6.52. The van der Waals surface area contributed by atoms with Gasteiger partial charge in [-0.15, -0.1) is 0 Å². The van der Waals surface area contributed by atoms with E-state index in [1.165, 1.54) is 0 Å². The van der Waals surface area contributed by atoms with Crippen LogP contribution in [0.15, 0.2) is 77.7 Å². The van der Waals surface area contributed by atoms with Crippen molar-refractivity contribution in [2.75, 3.05) is 22.5 Å². The van der Waals surface area contributed by atoms with Crippen LogP contribution in [-0.2, 0) is 10.0 Å². The number of hydrogen-bond acceptors (Lipinski definition) is 4. The Morgan fingerprint density at radius 3 is 2.14 bits per heavy atom. The van der Waals surface area contributed by atoms with Crippen molar-refractivity contribution in [1.29, 1.82) is 0 Å². The van der Waals surface area contributed by atoms with Gasteiger partial charge in [0.15, 0.2) is 5.11 Å². The number of thiocarbonyl (C=S) groups is 1. The lowest BCUT2D eigenvalue weighted by Gasteiger charge is -2.14. The molecule has 150 valence electrons. The van der Waals surface area contributed by atoms with Crippen molar-refractivity contribution in [1.82, 2.24) is 0 Å². The van der Waals surface area contributed by atoms with E-state index in [4.69, 9.17) is 17.0 Å². The molecule has 0 aliphatic heterocycles. The maximum absolute atomic E-state index is 12.5. The number of ether oxygens (including phenoxy) is 1. The monoisotopic (exact) mass is 427 g/mol. The summed E-state index contributed by atoms with van der Waals surface area (Å²) in [7, 11) is -2.05. The van der Waals surface area contributed by atoms with Crippen LogP contribution >= 0.6 is 12.2 Å². The summed E-state index contributed by atoms with van der Waals surface area (Å²) in [6.45, 7) is 1.91. The fraction of sp³-hybridized carbons (Fsp3) is 0.0952. The molecule has 0 radical (unpaired) electrons. The molecule has 0 spiro atoms. The predicted octanol–water partition coefficient (Wildman–Crippen LogP) is 4.61. The van der Waals surface area contributed by atoms with Crippen LogP contribution in [0.3, 0.4) is 0 Å². The average molecular weight is 428 g/mol. The Labute approximate surface area is 176 Å². The number of sulfonamides is 1. The summed E-state index contributed by atoms with van der Waals surface area (Å²) in [4.78, 5) is 0.215. The van der Waals surface area contributed by atoms with Gasteiger partial charge in [-0.25, -0.2) is 8.42 Å². The smallest absolute Gasteiger partial charge is 0.261 e. The number of rotatable bonds is 6. The van der Waals surface area contributed by atoms with Gasteiger partial charge in [0.25, 0.3) is 10.0 Å². The molecule has 0 atom stereocenters. The lowest BCUT2D eigenvalue weighted by Crippen LogP contribution is -2.19. The van der Waals surface area contributed by atoms with Gasteiger partial charge in [-0.2, -0.15) is 0 Å². The molecule has 0 saturated heterocycles. The second-order valence-electron chi connectivity index (χ2n) is 6.28. The Morgan fingerprint density at radius 1 is 0.862 bits per heavy atom. The van der Waals surface area contributed by atoms with Gasteiger partial charge in [0.05, 0.1) is 17.7 Å². The second-order valence-corrected chi connectivity index (χ2v) is 8.37. The predicted molar refractivity (Wildman–Crippen MR) is 121 cm³/mol. The summed E-state index contributed by atoms with van der Waals surface area (Å²) in [6, 6.07) is 20.9. The highest BCUT2D eigenvalue weighted by Gasteiger charge is 2.13. The molecule has 3 N–H and O–H groups in total. The number of benzene rings is 3. The fourth-order valence-electron chi connectivity index (χ4n) is 2.59. The minimum Gasteiger partial charge on any atom is -0.495 e. The molecular formula is C21H21N3O3S2. The van der Waals surface area contributed by atoms with Crippen LogP contribution in [0.4, 0.5) is 17.1 Å². The van der Waals surface area contributed by atoms with Gasteiger partial charge in [-0.05, 0) is 67.7 Å². The van der Waals surface area contributed by atoms with Crippen LogP contribution in [0, 0.1) is 6.92 Å². The zero-order valence-corrected chi connectivity index (χ0v) is 17.6. The largest absolute Gasteiger partial charge is 0.495 e. The van der Waals surface area contributed by atoms with Crippen LogP contribution in [0.1, 0.15) is 5.56 Å². The summed E-state index contributed by atoms with van der Waals surface area (Å²) < 4.78 is 32.8. The summed E-state index contributed by atoms with van der Waals surface area (Å²) >= 11 is 5.33. The number of aryl methyl sites for hydroxylation is 1. The van der Waals surface area contributed by atoms with Gasteiger partial charge < -0.3 is 15.4 Å². The molecule has 0 unspecified atom stereocenters. The van der Waals surface area contributed by atoms with E-state index in [2.05, 4.69) is 15.4 Å². The van der Waals surface area contributed by atoms with Crippen molar-refractivity contribution < 1.29 is 13.2 Å². The minimum atomic E-state index is -3.64. The Balaban J connectivity index is 1.64. The van der Waals surface area contributed by atoms with Crippen molar-refractivity contribution in [2.24, 2.45) is 0 Å². The van der Waals surface area contributed by atoms with Crippen molar-refractivity contribution in [2.45, 2.75) is 11.8 Å². The molecule has 0 bridgehead atoms. The molecule has 6 nitrogen and oxygen atoms in total. The summed E-state index contributed by atoms with van der Waals surface area (Å²) in [5.74, 6) is 0.678. The maximum Gasteiger partial charge on any atom is 0.261 e. The molecule has 3 aromatic carbocycles. The number of nitrogens with one attached hydrogen (secondary N) is 3. The highest BCUT2D eigenvalue weighted by Crippen LogP contribution is 2.24. The molecule has 0 amide bonds.